The number of hydrogen-bond acceptors (Lipinski definition) is 10. The van der Waals surface area contributed by atoms with E-state index in [4.69, 9.17) is 18.9 Å². The van der Waals surface area contributed by atoms with Crippen LogP contribution in [0.4, 0.5) is 0 Å². The average molecular weight is 594 g/mol. The summed E-state index contributed by atoms with van der Waals surface area (Å²) in [5.41, 5.74) is 1.17. The van der Waals surface area contributed by atoms with E-state index in [9.17, 15) is 30.3 Å². The molecule has 1 aliphatic heterocycles. The van der Waals surface area contributed by atoms with Crippen LogP contribution in [-0.4, -0.2) is 93.8 Å². The summed E-state index contributed by atoms with van der Waals surface area (Å²) in [5, 5.41) is 51.0. The van der Waals surface area contributed by atoms with Gasteiger partial charge < -0.3 is 49.5 Å². The molecule has 0 radical (unpaired) electrons. The fourth-order valence-electron chi connectivity index (χ4n) is 4.67. The van der Waals surface area contributed by atoms with Crippen molar-refractivity contribution < 1.29 is 44.5 Å². The van der Waals surface area contributed by atoms with Gasteiger partial charge >= 0.3 is 0 Å². The van der Waals surface area contributed by atoms with Crippen molar-refractivity contribution in [1.82, 2.24) is 4.98 Å². The first-order valence-corrected chi connectivity index (χ1v) is 13.9. The van der Waals surface area contributed by atoms with Crippen LogP contribution in [0.5, 0.6) is 11.6 Å². The number of rotatable bonds is 13. The highest BCUT2D eigenvalue weighted by atomic mass is 16.7. The van der Waals surface area contributed by atoms with E-state index in [1.54, 1.807) is 26.0 Å². The Morgan fingerprint density at radius 2 is 1.81 bits per heavy atom. The molecule has 11 heteroatoms. The van der Waals surface area contributed by atoms with Gasteiger partial charge in [-0.3, -0.25) is 4.79 Å². The summed E-state index contributed by atoms with van der Waals surface area (Å²) < 4.78 is 22.0. The van der Waals surface area contributed by atoms with Crippen LogP contribution in [-0.2, 0) is 9.47 Å². The highest BCUT2D eigenvalue weighted by Crippen LogP contribution is 2.28. The molecule has 1 aromatic heterocycles. The van der Waals surface area contributed by atoms with Gasteiger partial charge in [-0.15, -0.1) is 0 Å². The van der Waals surface area contributed by atoms with Crippen LogP contribution in [0.25, 0.3) is 6.08 Å². The van der Waals surface area contributed by atoms with Crippen LogP contribution in [0.2, 0.25) is 0 Å². The molecule has 0 saturated carbocycles. The SMILES string of the molecule is C/C=C(/C)C(O[C@@H]1O[C@H](CO)[C@@H](O)[C@H](O)[C@H]1O)C(C)/C=C(C)/C=C/CC(C)(O)/C=C/c1[nH]c(OC)c(OC)c(=O)c1C. The summed E-state index contributed by atoms with van der Waals surface area (Å²) in [6.07, 6.45) is 3.75. The van der Waals surface area contributed by atoms with Crippen LogP contribution < -0.4 is 14.9 Å². The fourth-order valence-corrected chi connectivity index (χ4v) is 4.67. The molecule has 1 saturated heterocycles. The summed E-state index contributed by atoms with van der Waals surface area (Å²) in [5.74, 6) is 0.0939. The summed E-state index contributed by atoms with van der Waals surface area (Å²) >= 11 is 0. The number of aromatic amines is 1. The molecule has 42 heavy (non-hydrogen) atoms. The zero-order valence-electron chi connectivity index (χ0n) is 25.7. The van der Waals surface area contributed by atoms with Gasteiger partial charge in [0.25, 0.3) is 0 Å². The van der Waals surface area contributed by atoms with Crippen molar-refractivity contribution in [3.8, 4) is 11.6 Å². The quantitative estimate of drug-likeness (QED) is 0.147. The third kappa shape index (κ3) is 8.87. The lowest BCUT2D eigenvalue weighted by atomic mass is 9.94. The van der Waals surface area contributed by atoms with Gasteiger partial charge in [-0.25, -0.2) is 0 Å². The van der Waals surface area contributed by atoms with Gasteiger partial charge in [0.15, 0.2) is 6.29 Å². The number of aliphatic hydroxyl groups is 5. The second kappa shape index (κ2) is 15.6. The van der Waals surface area contributed by atoms with Gasteiger partial charge in [0.2, 0.25) is 17.1 Å². The molecule has 1 aromatic rings. The van der Waals surface area contributed by atoms with Gasteiger partial charge in [-0.05, 0) is 52.7 Å². The molecular formula is C31H47NO10. The minimum absolute atomic E-state index is 0.0868. The maximum Gasteiger partial charge on any atom is 0.238 e. The molecule has 6 N–H and O–H groups in total. The lowest BCUT2D eigenvalue weighted by Gasteiger charge is -2.41. The number of H-pyrrole nitrogens is 1. The van der Waals surface area contributed by atoms with Crippen molar-refractivity contribution in [3.05, 3.63) is 63.0 Å². The molecule has 2 rings (SSSR count). The van der Waals surface area contributed by atoms with E-state index in [0.717, 1.165) is 11.1 Å². The molecule has 3 unspecified atom stereocenters. The molecule has 0 bridgehead atoms. The first-order chi connectivity index (χ1) is 19.7. The maximum absolute atomic E-state index is 12.6. The molecule has 236 valence electrons. The first-order valence-electron chi connectivity index (χ1n) is 13.9. The van der Waals surface area contributed by atoms with Crippen molar-refractivity contribution in [2.24, 2.45) is 5.92 Å². The molecule has 2 heterocycles. The standard InChI is InChI=1S/C31H47NO10/c1-9-18(3)27(42-30-26(37)25(36)24(35)22(16-33)41-30)19(4)15-17(2)11-10-13-31(6,38)14-12-21-20(5)23(34)28(39-7)29(32-21)40-8/h9-12,14-15,19,22,24-27,30,33,35-38H,13,16H2,1-8H3,(H,32,34)/b11-10+,14-12+,17-15+,18-9-/t19?,22-,24-,25+,26-,27?,30+,31?/m1/s1. The Labute approximate surface area is 247 Å². The zero-order valence-corrected chi connectivity index (χ0v) is 25.7. The van der Waals surface area contributed by atoms with Gasteiger partial charge in [0, 0.05) is 17.2 Å². The summed E-state index contributed by atoms with van der Waals surface area (Å²) in [4.78, 5) is 15.6. The van der Waals surface area contributed by atoms with Crippen LogP contribution >= 0.6 is 0 Å². The van der Waals surface area contributed by atoms with E-state index in [0.29, 0.717) is 11.3 Å². The molecule has 0 aromatic carbocycles. The summed E-state index contributed by atoms with van der Waals surface area (Å²) in [6, 6.07) is 0. The van der Waals surface area contributed by atoms with Crippen molar-refractivity contribution in [2.75, 3.05) is 20.8 Å². The number of aromatic nitrogens is 1. The molecule has 8 atom stereocenters. The Morgan fingerprint density at radius 1 is 1.14 bits per heavy atom. The van der Waals surface area contributed by atoms with Crippen LogP contribution in [0.1, 0.15) is 52.3 Å². The number of allylic oxidation sites excluding steroid dienone is 3. The van der Waals surface area contributed by atoms with E-state index < -0.39 is 49.0 Å². The predicted molar refractivity (Wildman–Crippen MR) is 159 cm³/mol. The molecule has 0 spiro atoms. The Hall–Kier alpha value is -2.77. The van der Waals surface area contributed by atoms with Crippen molar-refractivity contribution in [2.45, 2.75) is 90.4 Å². The van der Waals surface area contributed by atoms with Gasteiger partial charge in [-0.1, -0.05) is 42.9 Å². The largest absolute Gasteiger partial charge is 0.488 e. The lowest BCUT2D eigenvalue weighted by Crippen LogP contribution is -2.60. The van der Waals surface area contributed by atoms with E-state index in [1.807, 2.05) is 52.0 Å². The van der Waals surface area contributed by atoms with Gasteiger partial charge in [0.1, 0.15) is 24.4 Å². The monoisotopic (exact) mass is 593 g/mol. The van der Waals surface area contributed by atoms with E-state index in [-0.39, 0.29) is 29.4 Å². The number of methoxy groups -OCH3 is 2. The summed E-state index contributed by atoms with van der Waals surface area (Å²) in [6.45, 7) is 10.4. The van der Waals surface area contributed by atoms with Crippen LogP contribution in [0.3, 0.4) is 0 Å². The van der Waals surface area contributed by atoms with E-state index in [1.165, 1.54) is 14.2 Å². The number of hydrogen-bond donors (Lipinski definition) is 6. The maximum atomic E-state index is 12.6. The third-order valence-corrected chi connectivity index (χ3v) is 7.37. The highest BCUT2D eigenvalue weighted by molar-refractivity contribution is 5.54. The molecule has 0 amide bonds. The Morgan fingerprint density at radius 3 is 2.38 bits per heavy atom. The topological polar surface area (TPSA) is 171 Å². The van der Waals surface area contributed by atoms with Crippen LogP contribution in [0, 0.1) is 12.8 Å². The molecule has 1 fully saturated rings. The number of nitrogens with one attached hydrogen (secondary N) is 1. The molecular weight excluding hydrogens is 546 g/mol. The Bertz CT molecular complexity index is 1210. The first kappa shape index (κ1) is 35.4. The fraction of sp³-hybridized carbons (Fsp3) is 0.581. The second-order valence-electron chi connectivity index (χ2n) is 10.9. The van der Waals surface area contributed by atoms with Gasteiger partial charge in [0.05, 0.1) is 32.5 Å². The average Bonchev–Trinajstić information content (AvgIpc) is 2.95. The normalized spacial score (nSPS) is 26.8. The second-order valence-corrected chi connectivity index (χ2v) is 10.9. The van der Waals surface area contributed by atoms with Crippen molar-refractivity contribution >= 4 is 6.08 Å². The van der Waals surface area contributed by atoms with Crippen LogP contribution in [0.15, 0.2) is 46.3 Å². The van der Waals surface area contributed by atoms with E-state index in [2.05, 4.69) is 4.98 Å². The predicted octanol–water partition coefficient (Wildman–Crippen LogP) is 2.14. The molecule has 0 aliphatic carbocycles. The zero-order chi connectivity index (χ0) is 31.8. The van der Waals surface area contributed by atoms with E-state index >= 15 is 0 Å². The minimum Gasteiger partial charge on any atom is -0.488 e. The smallest absolute Gasteiger partial charge is 0.238 e. The number of ether oxygens (including phenoxy) is 4. The number of aliphatic hydroxyl groups excluding tert-OH is 4. The Balaban J connectivity index is 2.14. The third-order valence-electron chi connectivity index (χ3n) is 7.37. The molecule has 11 nitrogen and oxygen atoms in total. The lowest BCUT2D eigenvalue weighted by molar-refractivity contribution is -0.310. The minimum atomic E-state index is -1.53. The number of pyridine rings is 1. The van der Waals surface area contributed by atoms with Crippen molar-refractivity contribution in [3.63, 3.8) is 0 Å². The highest BCUT2D eigenvalue weighted by Gasteiger charge is 2.45. The Kier molecular flexibility index (Phi) is 13.2. The summed E-state index contributed by atoms with van der Waals surface area (Å²) in [7, 11) is 2.82. The molecule has 1 aliphatic rings. The van der Waals surface area contributed by atoms with Crippen molar-refractivity contribution in [1.29, 1.82) is 0 Å². The van der Waals surface area contributed by atoms with Gasteiger partial charge in [-0.2, -0.15) is 0 Å².